The van der Waals surface area contributed by atoms with E-state index in [1.54, 1.807) is 5.57 Å². The fourth-order valence-corrected chi connectivity index (χ4v) is 7.13. The first kappa shape index (κ1) is 21.9. The standard InChI is InChI=1S/C27H41NO2/c1-5-28(6-2)14-16-30-15-12-21-7-10-25-26-19(3)17-20-18-22(29)8-9-23(20)24(26)11-13-27(21,25)4/h8-9,12,18-19,24-26,29H,5-7,10-11,13-17H2,1-4H3/t19-,24-,25+,26-,27-/m1/s1. The lowest BCUT2D eigenvalue weighted by molar-refractivity contribution is 0.0483. The number of phenols is 1. The Balaban J connectivity index is 1.44. The van der Waals surface area contributed by atoms with Crippen molar-refractivity contribution in [3.8, 4) is 5.75 Å². The van der Waals surface area contributed by atoms with Crippen molar-refractivity contribution in [1.29, 1.82) is 0 Å². The summed E-state index contributed by atoms with van der Waals surface area (Å²) in [4.78, 5) is 2.42. The Hall–Kier alpha value is -1.32. The van der Waals surface area contributed by atoms with Gasteiger partial charge in [0.1, 0.15) is 5.75 Å². The number of rotatable bonds is 7. The van der Waals surface area contributed by atoms with E-state index in [1.807, 2.05) is 12.1 Å². The Bertz CT molecular complexity index is 768. The highest BCUT2D eigenvalue weighted by Crippen LogP contribution is 2.63. The highest BCUT2D eigenvalue weighted by molar-refractivity contribution is 5.41. The summed E-state index contributed by atoms with van der Waals surface area (Å²) in [7, 11) is 0. The highest BCUT2D eigenvalue weighted by Gasteiger charge is 2.54. The van der Waals surface area contributed by atoms with Crippen LogP contribution in [0.5, 0.6) is 5.75 Å². The molecule has 30 heavy (non-hydrogen) atoms. The molecule has 3 aliphatic rings. The van der Waals surface area contributed by atoms with Crippen LogP contribution in [0.2, 0.25) is 0 Å². The molecule has 2 saturated carbocycles. The Morgan fingerprint density at radius 3 is 2.80 bits per heavy atom. The van der Waals surface area contributed by atoms with Gasteiger partial charge in [-0.15, -0.1) is 0 Å². The summed E-state index contributed by atoms with van der Waals surface area (Å²) in [6, 6.07) is 6.13. The Labute approximate surface area is 183 Å². The van der Waals surface area contributed by atoms with Gasteiger partial charge in [0.2, 0.25) is 0 Å². The van der Waals surface area contributed by atoms with E-state index in [0.29, 0.717) is 23.0 Å². The molecule has 0 spiro atoms. The topological polar surface area (TPSA) is 32.7 Å². The van der Waals surface area contributed by atoms with Crippen molar-refractivity contribution in [2.45, 2.75) is 65.7 Å². The van der Waals surface area contributed by atoms with Crippen LogP contribution in [0.4, 0.5) is 0 Å². The lowest BCUT2D eigenvalue weighted by Gasteiger charge is -2.52. The van der Waals surface area contributed by atoms with Crippen LogP contribution in [-0.4, -0.2) is 42.9 Å². The molecule has 1 aromatic carbocycles. The molecule has 1 N–H and O–H groups in total. The zero-order valence-corrected chi connectivity index (χ0v) is 19.5. The Morgan fingerprint density at radius 1 is 1.23 bits per heavy atom. The van der Waals surface area contributed by atoms with Crippen molar-refractivity contribution in [3.63, 3.8) is 0 Å². The number of hydrogen-bond donors (Lipinski definition) is 1. The van der Waals surface area contributed by atoms with E-state index in [9.17, 15) is 5.11 Å². The molecule has 166 valence electrons. The van der Waals surface area contributed by atoms with Crippen LogP contribution in [-0.2, 0) is 11.2 Å². The van der Waals surface area contributed by atoms with E-state index in [-0.39, 0.29) is 0 Å². The van der Waals surface area contributed by atoms with Gasteiger partial charge in [0.25, 0.3) is 0 Å². The lowest BCUT2D eigenvalue weighted by atomic mass is 9.52. The minimum atomic E-state index is 0.353. The number of aromatic hydroxyl groups is 1. The number of phenolic OH excluding ortho intramolecular Hbond substituents is 1. The van der Waals surface area contributed by atoms with Crippen molar-refractivity contribution < 1.29 is 9.84 Å². The Kier molecular flexibility index (Phi) is 6.60. The smallest absolute Gasteiger partial charge is 0.115 e. The first-order valence-electron chi connectivity index (χ1n) is 12.3. The van der Waals surface area contributed by atoms with Crippen molar-refractivity contribution in [3.05, 3.63) is 41.0 Å². The van der Waals surface area contributed by atoms with Crippen molar-refractivity contribution in [1.82, 2.24) is 4.90 Å². The number of likely N-dealkylation sites (N-methyl/N-ethyl adjacent to an activating group) is 1. The molecule has 0 aliphatic heterocycles. The quantitative estimate of drug-likeness (QED) is 0.456. The maximum atomic E-state index is 9.95. The van der Waals surface area contributed by atoms with Crippen LogP contribution in [0.25, 0.3) is 0 Å². The molecule has 0 heterocycles. The second-order valence-electron chi connectivity index (χ2n) is 10.2. The van der Waals surface area contributed by atoms with Crippen molar-refractivity contribution in [2.75, 3.05) is 32.8 Å². The molecule has 0 aromatic heterocycles. The summed E-state index contributed by atoms with van der Waals surface area (Å²) in [5.41, 5.74) is 4.93. The van der Waals surface area contributed by atoms with E-state index in [0.717, 1.165) is 51.1 Å². The lowest BCUT2D eigenvalue weighted by Crippen LogP contribution is -2.43. The molecule has 3 aliphatic carbocycles. The number of benzene rings is 1. The molecular weight excluding hydrogens is 370 g/mol. The van der Waals surface area contributed by atoms with Gasteiger partial charge >= 0.3 is 0 Å². The monoisotopic (exact) mass is 411 g/mol. The molecule has 0 saturated heterocycles. The number of hydrogen-bond acceptors (Lipinski definition) is 3. The number of allylic oxidation sites excluding steroid dienone is 1. The highest BCUT2D eigenvalue weighted by atomic mass is 16.5. The molecular formula is C27H41NO2. The molecule has 0 amide bonds. The fourth-order valence-electron chi connectivity index (χ4n) is 7.13. The van der Waals surface area contributed by atoms with Gasteiger partial charge in [-0.05, 0) is 97.5 Å². The summed E-state index contributed by atoms with van der Waals surface area (Å²) in [6.07, 6.45) is 8.70. The van der Waals surface area contributed by atoms with Gasteiger partial charge in [0.05, 0.1) is 13.2 Å². The van der Waals surface area contributed by atoms with E-state index >= 15 is 0 Å². The molecule has 0 unspecified atom stereocenters. The van der Waals surface area contributed by atoms with Crippen LogP contribution < -0.4 is 0 Å². The first-order chi connectivity index (χ1) is 14.5. The normalized spacial score (nSPS) is 34.1. The largest absolute Gasteiger partial charge is 0.508 e. The van der Waals surface area contributed by atoms with E-state index in [2.05, 4.69) is 44.7 Å². The zero-order chi connectivity index (χ0) is 21.3. The molecule has 1 aromatic rings. The summed E-state index contributed by atoms with van der Waals surface area (Å²) in [5.74, 6) is 3.35. The third kappa shape index (κ3) is 3.96. The minimum absolute atomic E-state index is 0.353. The van der Waals surface area contributed by atoms with Crippen LogP contribution in [0.15, 0.2) is 29.8 Å². The van der Waals surface area contributed by atoms with Gasteiger partial charge in [-0.2, -0.15) is 0 Å². The van der Waals surface area contributed by atoms with Gasteiger partial charge < -0.3 is 14.7 Å². The number of fused-ring (bicyclic) bond motifs is 5. The van der Waals surface area contributed by atoms with Crippen LogP contribution in [0.1, 0.15) is 70.4 Å². The molecule has 3 nitrogen and oxygen atoms in total. The summed E-state index contributed by atoms with van der Waals surface area (Å²) in [6.45, 7) is 14.3. The molecule has 2 fully saturated rings. The molecule has 0 bridgehead atoms. The maximum absolute atomic E-state index is 9.95. The van der Waals surface area contributed by atoms with Gasteiger partial charge in [0, 0.05) is 6.54 Å². The van der Waals surface area contributed by atoms with E-state index in [4.69, 9.17) is 4.74 Å². The average Bonchev–Trinajstić information content (AvgIpc) is 3.06. The summed E-state index contributed by atoms with van der Waals surface area (Å²) in [5, 5.41) is 9.95. The second-order valence-corrected chi connectivity index (χ2v) is 10.2. The third-order valence-electron chi connectivity index (χ3n) is 8.80. The van der Waals surface area contributed by atoms with Gasteiger partial charge in [-0.25, -0.2) is 0 Å². The summed E-state index contributed by atoms with van der Waals surface area (Å²) >= 11 is 0. The zero-order valence-electron chi connectivity index (χ0n) is 19.5. The minimum Gasteiger partial charge on any atom is -0.508 e. The predicted molar refractivity (Wildman–Crippen MR) is 124 cm³/mol. The van der Waals surface area contributed by atoms with Gasteiger partial charge in [-0.1, -0.05) is 45.4 Å². The van der Waals surface area contributed by atoms with Crippen LogP contribution in [0, 0.1) is 23.2 Å². The third-order valence-corrected chi connectivity index (χ3v) is 8.80. The predicted octanol–water partition coefficient (Wildman–Crippen LogP) is 5.78. The van der Waals surface area contributed by atoms with Crippen LogP contribution in [0.3, 0.4) is 0 Å². The van der Waals surface area contributed by atoms with Crippen LogP contribution >= 0.6 is 0 Å². The maximum Gasteiger partial charge on any atom is 0.115 e. The first-order valence-corrected chi connectivity index (χ1v) is 12.3. The van der Waals surface area contributed by atoms with Gasteiger partial charge in [-0.3, -0.25) is 0 Å². The molecule has 3 heteroatoms. The van der Waals surface area contributed by atoms with Gasteiger partial charge in [0.15, 0.2) is 0 Å². The van der Waals surface area contributed by atoms with Crippen molar-refractivity contribution in [2.24, 2.45) is 23.2 Å². The second kappa shape index (κ2) is 9.04. The Morgan fingerprint density at radius 2 is 2.03 bits per heavy atom. The molecule has 5 atom stereocenters. The van der Waals surface area contributed by atoms with E-state index in [1.165, 1.54) is 36.8 Å². The fraction of sp³-hybridized carbons (Fsp3) is 0.704. The van der Waals surface area contributed by atoms with Crippen molar-refractivity contribution >= 4 is 0 Å². The van der Waals surface area contributed by atoms with E-state index < -0.39 is 0 Å². The summed E-state index contributed by atoms with van der Waals surface area (Å²) < 4.78 is 6.00. The molecule has 4 rings (SSSR count). The SMILES string of the molecule is CCN(CC)CCOCC=C1CC[C@H]2[C@@H]3[C@H](C)Cc4cc(O)ccc4[C@H]3CC[C@]12C. The molecule has 0 radical (unpaired) electrons. The number of ether oxygens (including phenoxy) is 1. The number of nitrogens with zero attached hydrogens (tertiary/aromatic N) is 1. The average molecular weight is 412 g/mol.